The number of nitrogens with one attached hydrogen (secondary N) is 1. The molecule has 0 aliphatic rings. The highest BCUT2D eigenvalue weighted by molar-refractivity contribution is 5.80. The van der Waals surface area contributed by atoms with Gasteiger partial charge < -0.3 is 20.6 Å². The topological polar surface area (TPSA) is 89.8 Å². The monoisotopic (exact) mass is 970 g/mol. The van der Waals surface area contributed by atoms with Crippen molar-refractivity contribution in [1.29, 1.82) is 0 Å². The maximum atomic E-state index is 12.6. The Morgan fingerprint density at radius 3 is 0.884 bits per heavy atom. The van der Waals surface area contributed by atoms with Gasteiger partial charge in [0.2, 0.25) is 5.91 Å². The normalized spacial score (nSPS) is 13.4. The van der Waals surface area contributed by atoms with E-state index in [1.807, 2.05) is 6.08 Å². The molecule has 0 aromatic rings. The Labute approximate surface area is 432 Å². The summed E-state index contributed by atoms with van der Waals surface area (Å²) in [5.41, 5.74) is 0. The van der Waals surface area contributed by atoms with Crippen LogP contribution in [0, 0.1) is 0 Å². The lowest BCUT2D eigenvalue weighted by Gasteiger charge is -2.21. The van der Waals surface area contributed by atoms with Gasteiger partial charge in [0.1, 0.15) is 6.10 Å². The minimum absolute atomic E-state index is 0.374. The van der Waals surface area contributed by atoms with Crippen LogP contribution in [-0.2, 0) is 4.79 Å². The van der Waals surface area contributed by atoms with Crippen molar-refractivity contribution in [3.8, 4) is 0 Å². The maximum absolute atomic E-state index is 12.6. The molecular formula is C64H123NO4. The van der Waals surface area contributed by atoms with Crippen LogP contribution in [0.1, 0.15) is 341 Å². The van der Waals surface area contributed by atoms with Crippen LogP contribution >= 0.6 is 0 Å². The molecule has 0 saturated heterocycles. The van der Waals surface area contributed by atoms with Gasteiger partial charge in [-0.2, -0.15) is 0 Å². The van der Waals surface area contributed by atoms with E-state index in [1.165, 1.54) is 283 Å². The highest BCUT2D eigenvalue weighted by Gasteiger charge is 2.22. The molecule has 0 saturated carbocycles. The summed E-state index contributed by atoms with van der Waals surface area (Å²) in [6.45, 7) is 4.21. The van der Waals surface area contributed by atoms with Gasteiger partial charge in [-0.05, 0) is 57.8 Å². The van der Waals surface area contributed by atoms with E-state index in [0.717, 1.165) is 38.5 Å². The fourth-order valence-corrected chi connectivity index (χ4v) is 9.85. The zero-order valence-electron chi connectivity index (χ0n) is 46.7. The van der Waals surface area contributed by atoms with E-state index >= 15 is 0 Å². The molecule has 0 fully saturated rings. The molecule has 0 aliphatic heterocycles. The van der Waals surface area contributed by atoms with E-state index in [2.05, 4.69) is 43.5 Å². The lowest BCUT2D eigenvalue weighted by atomic mass is 10.0. The standard InChI is InChI=1S/C64H123NO4/c1-3-5-7-9-11-13-15-17-19-21-23-25-27-29-30-31-32-33-34-35-37-39-41-43-45-47-49-51-53-55-57-59-63(68)64(69)65-61(60-66)62(67)58-56-54-52-50-48-46-44-42-40-38-36-28-26-24-22-20-18-16-14-12-10-8-6-4-2/h29-30,48,50,56,58,61-63,66-68H,3-28,31-47,49,51-55,57,59-60H2,1-2H3,(H,65,69)/b30-29-,50-48+,58-56+. The first-order chi connectivity index (χ1) is 34.1. The highest BCUT2D eigenvalue weighted by atomic mass is 16.3. The minimum Gasteiger partial charge on any atom is -0.394 e. The minimum atomic E-state index is -1.11. The van der Waals surface area contributed by atoms with Crippen molar-refractivity contribution in [3.63, 3.8) is 0 Å². The van der Waals surface area contributed by atoms with Crippen LogP contribution in [0.5, 0.6) is 0 Å². The third-order valence-corrected chi connectivity index (χ3v) is 14.7. The number of carbonyl (C=O) groups is 1. The van der Waals surface area contributed by atoms with E-state index in [9.17, 15) is 20.1 Å². The van der Waals surface area contributed by atoms with Gasteiger partial charge in [-0.3, -0.25) is 4.79 Å². The molecule has 0 bridgehead atoms. The number of aliphatic hydroxyl groups excluding tert-OH is 3. The van der Waals surface area contributed by atoms with Gasteiger partial charge in [0.15, 0.2) is 0 Å². The summed E-state index contributed by atoms with van der Waals surface area (Å²) in [6, 6.07) is -0.815. The summed E-state index contributed by atoms with van der Waals surface area (Å²) in [4.78, 5) is 12.6. The molecule has 408 valence electrons. The van der Waals surface area contributed by atoms with Gasteiger partial charge in [0, 0.05) is 0 Å². The summed E-state index contributed by atoms with van der Waals surface area (Å²) in [7, 11) is 0. The van der Waals surface area contributed by atoms with Crippen LogP contribution in [0.2, 0.25) is 0 Å². The summed E-state index contributed by atoms with van der Waals surface area (Å²) in [5.74, 6) is -0.507. The first-order valence-corrected chi connectivity index (χ1v) is 31.3. The zero-order valence-corrected chi connectivity index (χ0v) is 46.7. The van der Waals surface area contributed by atoms with Gasteiger partial charge in [0.25, 0.3) is 0 Å². The average Bonchev–Trinajstić information content (AvgIpc) is 3.35. The van der Waals surface area contributed by atoms with Gasteiger partial charge in [-0.1, -0.05) is 320 Å². The van der Waals surface area contributed by atoms with Crippen molar-refractivity contribution in [1.82, 2.24) is 5.32 Å². The number of hydrogen-bond donors (Lipinski definition) is 4. The van der Waals surface area contributed by atoms with Crippen LogP contribution in [0.25, 0.3) is 0 Å². The van der Waals surface area contributed by atoms with Crippen LogP contribution in [0.15, 0.2) is 36.5 Å². The summed E-state index contributed by atoms with van der Waals surface area (Å²) in [5, 5.41) is 33.4. The van der Waals surface area contributed by atoms with Gasteiger partial charge >= 0.3 is 0 Å². The smallest absolute Gasteiger partial charge is 0.249 e. The number of rotatable bonds is 58. The third kappa shape index (κ3) is 54.2. The van der Waals surface area contributed by atoms with E-state index in [0.29, 0.717) is 6.42 Å². The molecule has 0 aromatic heterocycles. The largest absolute Gasteiger partial charge is 0.394 e. The Morgan fingerprint density at radius 2 is 0.594 bits per heavy atom. The highest BCUT2D eigenvalue weighted by Crippen LogP contribution is 2.18. The van der Waals surface area contributed by atoms with E-state index in [-0.39, 0.29) is 6.61 Å². The van der Waals surface area contributed by atoms with E-state index in [4.69, 9.17) is 0 Å². The fourth-order valence-electron chi connectivity index (χ4n) is 9.85. The average molecular weight is 971 g/mol. The lowest BCUT2D eigenvalue weighted by Crippen LogP contribution is -2.48. The van der Waals surface area contributed by atoms with Gasteiger partial charge in [-0.25, -0.2) is 0 Å². The summed E-state index contributed by atoms with van der Waals surface area (Å²) < 4.78 is 0. The molecule has 0 spiro atoms. The molecule has 3 unspecified atom stereocenters. The van der Waals surface area contributed by atoms with Crippen molar-refractivity contribution < 1.29 is 20.1 Å². The molecule has 0 aliphatic carbocycles. The molecule has 5 nitrogen and oxygen atoms in total. The quantitative estimate of drug-likeness (QED) is 0.0361. The Kier molecular flexibility index (Phi) is 57.9. The second kappa shape index (κ2) is 59.1. The lowest BCUT2D eigenvalue weighted by molar-refractivity contribution is -0.131. The van der Waals surface area contributed by atoms with Crippen molar-refractivity contribution >= 4 is 5.91 Å². The Morgan fingerprint density at radius 1 is 0.348 bits per heavy atom. The molecule has 0 aromatic carbocycles. The first-order valence-electron chi connectivity index (χ1n) is 31.3. The number of aliphatic hydroxyl groups is 3. The van der Waals surface area contributed by atoms with E-state index < -0.39 is 24.2 Å². The second-order valence-corrected chi connectivity index (χ2v) is 21.6. The Bertz CT molecular complexity index is 1070. The Balaban J connectivity index is 3.55. The molecule has 69 heavy (non-hydrogen) atoms. The summed E-state index contributed by atoms with van der Waals surface area (Å²) >= 11 is 0. The second-order valence-electron chi connectivity index (χ2n) is 21.6. The van der Waals surface area contributed by atoms with E-state index in [1.54, 1.807) is 6.08 Å². The van der Waals surface area contributed by atoms with Crippen LogP contribution in [0.4, 0.5) is 0 Å². The van der Waals surface area contributed by atoms with Crippen molar-refractivity contribution in [3.05, 3.63) is 36.5 Å². The predicted molar refractivity (Wildman–Crippen MR) is 305 cm³/mol. The van der Waals surface area contributed by atoms with Crippen molar-refractivity contribution in [2.75, 3.05) is 6.61 Å². The number of hydrogen-bond acceptors (Lipinski definition) is 4. The molecule has 5 heteroatoms. The number of unbranched alkanes of at least 4 members (excludes halogenated alkanes) is 46. The SMILES string of the molecule is CCCCCCCCCCCCCC/C=C\CCCCCCCCCCCCCCCCCC(O)C(=O)NC(CO)C(O)/C=C/CC/C=C/CCCCCCCCCCCCCCCCCCCC. The molecule has 0 radical (unpaired) electrons. The van der Waals surface area contributed by atoms with Crippen molar-refractivity contribution in [2.45, 2.75) is 360 Å². The van der Waals surface area contributed by atoms with Crippen LogP contribution in [0.3, 0.4) is 0 Å². The number of amides is 1. The number of allylic oxidation sites excluding steroid dienone is 5. The molecule has 3 atom stereocenters. The third-order valence-electron chi connectivity index (χ3n) is 14.7. The Hall–Kier alpha value is -1.43. The molecule has 0 heterocycles. The van der Waals surface area contributed by atoms with Crippen LogP contribution in [-0.4, -0.2) is 46.1 Å². The van der Waals surface area contributed by atoms with Crippen molar-refractivity contribution in [2.24, 2.45) is 0 Å². The number of carbonyl (C=O) groups excluding carboxylic acids is 1. The predicted octanol–water partition coefficient (Wildman–Crippen LogP) is 19.8. The first kappa shape index (κ1) is 67.6. The van der Waals surface area contributed by atoms with Crippen LogP contribution < -0.4 is 5.32 Å². The maximum Gasteiger partial charge on any atom is 0.249 e. The molecule has 4 N–H and O–H groups in total. The summed E-state index contributed by atoms with van der Waals surface area (Å²) in [6.07, 6.45) is 78.3. The molecule has 0 rings (SSSR count). The zero-order chi connectivity index (χ0) is 50.0. The van der Waals surface area contributed by atoms with Gasteiger partial charge in [-0.15, -0.1) is 0 Å². The van der Waals surface area contributed by atoms with Gasteiger partial charge in [0.05, 0.1) is 18.8 Å². The fraction of sp³-hybridized carbons (Fsp3) is 0.891. The molecular weight excluding hydrogens is 847 g/mol. The molecule has 1 amide bonds.